The lowest BCUT2D eigenvalue weighted by Gasteiger charge is -2.28. The Bertz CT molecular complexity index is 2760. The Morgan fingerprint density at radius 2 is 1.02 bits per heavy atom. The van der Waals surface area contributed by atoms with Gasteiger partial charge in [-0.05, 0) is 104 Å². The van der Waals surface area contributed by atoms with Crippen LogP contribution >= 0.6 is 0 Å². The van der Waals surface area contributed by atoms with Crippen LogP contribution in [0.4, 0.5) is 17.1 Å². The van der Waals surface area contributed by atoms with Gasteiger partial charge in [-0.3, -0.25) is 0 Å². The van der Waals surface area contributed by atoms with Crippen LogP contribution in [0.1, 0.15) is 25.0 Å². The number of anilines is 3. The number of fused-ring (bicyclic) bond motifs is 8. The van der Waals surface area contributed by atoms with Crippen molar-refractivity contribution in [2.24, 2.45) is 0 Å². The van der Waals surface area contributed by atoms with Gasteiger partial charge in [-0.15, -0.1) is 0 Å². The van der Waals surface area contributed by atoms with Crippen molar-refractivity contribution in [1.29, 1.82) is 0 Å². The van der Waals surface area contributed by atoms with Crippen LogP contribution in [0.3, 0.4) is 0 Å². The predicted octanol–water partition coefficient (Wildman–Crippen LogP) is 13.8. The molecule has 0 radical (unpaired) electrons. The molecule has 0 amide bonds. The summed E-state index contributed by atoms with van der Waals surface area (Å²) in [4.78, 5) is 2.37. The highest BCUT2D eigenvalue weighted by molar-refractivity contribution is 6.19. The monoisotopic (exact) mass is 653 g/mol. The number of para-hydroxylation sites is 1. The van der Waals surface area contributed by atoms with Crippen LogP contribution in [0.25, 0.3) is 66.1 Å². The highest BCUT2D eigenvalue weighted by Crippen LogP contribution is 2.51. The van der Waals surface area contributed by atoms with Crippen molar-refractivity contribution in [3.63, 3.8) is 0 Å². The summed E-state index contributed by atoms with van der Waals surface area (Å²) < 4.78 is 6.56. The first-order valence-electron chi connectivity index (χ1n) is 17.7. The molecule has 51 heavy (non-hydrogen) atoms. The molecule has 0 bridgehead atoms. The number of rotatable bonds is 5. The van der Waals surface area contributed by atoms with Crippen LogP contribution in [0.2, 0.25) is 0 Å². The Labute approximate surface area is 297 Å². The van der Waals surface area contributed by atoms with Crippen molar-refractivity contribution in [2.45, 2.75) is 19.3 Å². The van der Waals surface area contributed by atoms with E-state index in [1.807, 2.05) is 0 Å². The highest BCUT2D eigenvalue weighted by Gasteiger charge is 2.35. The normalized spacial score (nSPS) is 13.1. The quantitative estimate of drug-likeness (QED) is 0.184. The zero-order chi connectivity index (χ0) is 34.1. The van der Waals surface area contributed by atoms with Gasteiger partial charge in [-0.2, -0.15) is 0 Å². The van der Waals surface area contributed by atoms with Gasteiger partial charge in [0.25, 0.3) is 0 Å². The van der Waals surface area contributed by atoms with E-state index in [9.17, 15) is 0 Å². The minimum atomic E-state index is -0.0764. The number of furan rings is 1. The maximum absolute atomic E-state index is 6.56. The third kappa shape index (κ3) is 4.64. The predicted molar refractivity (Wildman–Crippen MR) is 214 cm³/mol. The molecule has 0 aliphatic heterocycles. The maximum atomic E-state index is 6.56. The molecule has 1 heterocycles. The fourth-order valence-corrected chi connectivity index (χ4v) is 8.29. The van der Waals surface area contributed by atoms with Gasteiger partial charge < -0.3 is 9.32 Å². The van der Waals surface area contributed by atoms with E-state index in [-0.39, 0.29) is 5.41 Å². The summed E-state index contributed by atoms with van der Waals surface area (Å²) in [5.41, 5.74) is 15.3. The highest BCUT2D eigenvalue weighted by atomic mass is 16.3. The lowest BCUT2D eigenvalue weighted by atomic mass is 9.82. The minimum Gasteiger partial charge on any atom is -0.455 e. The molecule has 1 aliphatic carbocycles. The lowest BCUT2D eigenvalue weighted by Crippen LogP contribution is -2.16. The molecule has 10 rings (SSSR count). The first-order valence-corrected chi connectivity index (χ1v) is 17.7. The fraction of sp³-hybridized carbons (Fsp3) is 0.0612. The van der Waals surface area contributed by atoms with E-state index in [1.165, 1.54) is 49.9 Å². The van der Waals surface area contributed by atoms with E-state index in [1.54, 1.807) is 0 Å². The van der Waals surface area contributed by atoms with Crippen molar-refractivity contribution >= 4 is 49.8 Å². The fourth-order valence-electron chi connectivity index (χ4n) is 8.29. The second-order valence-corrected chi connectivity index (χ2v) is 14.1. The molecule has 8 aromatic carbocycles. The van der Waals surface area contributed by atoms with Crippen LogP contribution in [-0.2, 0) is 5.41 Å². The van der Waals surface area contributed by atoms with Crippen LogP contribution in [-0.4, -0.2) is 0 Å². The zero-order valence-electron chi connectivity index (χ0n) is 28.6. The summed E-state index contributed by atoms with van der Waals surface area (Å²) in [7, 11) is 0. The first kappa shape index (κ1) is 29.5. The smallest absolute Gasteiger partial charge is 0.143 e. The number of benzene rings is 8. The van der Waals surface area contributed by atoms with Gasteiger partial charge in [0, 0.05) is 38.6 Å². The molecule has 0 atom stereocenters. The molecule has 0 fully saturated rings. The second-order valence-electron chi connectivity index (χ2n) is 14.1. The lowest BCUT2D eigenvalue weighted by molar-refractivity contribution is 0.660. The summed E-state index contributed by atoms with van der Waals surface area (Å²) in [6, 6.07) is 63.6. The molecular formula is C49H35NO. The minimum absolute atomic E-state index is 0.0764. The summed E-state index contributed by atoms with van der Waals surface area (Å²) in [6.45, 7) is 4.69. The van der Waals surface area contributed by atoms with Gasteiger partial charge in [0.05, 0.1) is 0 Å². The van der Waals surface area contributed by atoms with Gasteiger partial charge in [0.2, 0.25) is 0 Å². The second kappa shape index (κ2) is 11.3. The average molecular weight is 654 g/mol. The van der Waals surface area contributed by atoms with Gasteiger partial charge >= 0.3 is 0 Å². The molecule has 0 unspecified atom stereocenters. The Kier molecular flexibility index (Phi) is 6.56. The standard InChI is InChI=1S/C49H35NO/c1-49(2)45-20-12-11-18-39(45)40-27-26-37(30-46(40)49)50(35-15-7-4-8-16-35)36-24-21-33(22-25-36)42-31-44-43-29-34(32-13-5-3-6-14-32)23-28-47(43)51-48(44)41-19-10-9-17-38(41)42/h3-31H,1-2H3. The van der Waals surface area contributed by atoms with Crippen molar-refractivity contribution in [1.82, 2.24) is 0 Å². The third-order valence-electron chi connectivity index (χ3n) is 10.9. The molecule has 0 saturated heterocycles. The molecule has 1 aromatic heterocycles. The Balaban J connectivity index is 1.10. The number of hydrogen-bond acceptors (Lipinski definition) is 2. The molecule has 1 aliphatic rings. The molecule has 2 nitrogen and oxygen atoms in total. The molecular weight excluding hydrogens is 619 g/mol. The molecule has 0 spiro atoms. The summed E-state index contributed by atoms with van der Waals surface area (Å²) in [5, 5.41) is 4.57. The molecule has 2 heteroatoms. The van der Waals surface area contributed by atoms with Gasteiger partial charge in [0.1, 0.15) is 11.2 Å². The Morgan fingerprint density at radius 3 is 1.82 bits per heavy atom. The van der Waals surface area contributed by atoms with Gasteiger partial charge in [0.15, 0.2) is 0 Å². The molecule has 9 aromatic rings. The zero-order valence-corrected chi connectivity index (χ0v) is 28.6. The van der Waals surface area contributed by atoms with E-state index in [0.29, 0.717) is 0 Å². The largest absolute Gasteiger partial charge is 0.455 e. The molecule has 0 saturated carbocycles. The van der Waals surface area contributed by atoms with E-state index >= 15 is 0 Å². The third-order valence-corrected chi connectivity index (χ3v) is 10.9. The van der Waals surface area contributed by atoms with Gasteiger partial charge in [-0.1, -0.05) is 135 Å². The van der Waals surface area contributed by atoms with Crippen LogP contribution in [0.15, 0.2) is 180 Å². The van der Waals surface area contributed by atoms with Crippen molar-refractivity contribution in [3.8, 4) is 33.4 Å². The topological polar surface area (TPSA) is 16.4 Å². The van der Waals surface area contributed by atoms with Gasteiger partial charge in [-0.25, -0.2) is 0 Å². The summed E-state index contributed by atoms with van der Waals surface area (Å²) >= 11 is 0. The average Bonchev–Trinajstić information content (AvgIpc) is 3.67. The van der Waals surface area contributed by atoms with Crippen LogP contribution < -0.4 is 4.90 Å². The molecule has 242 valence electrons. The van der Waals surface area contributed by atoms with Crippen molar-refractivity contribution in [3.05, 3.63) is 187 Å². The number of hydrogen-bond donors (Lipinski definition) is 0. The van der Waals surface area contributed by atoms with Crippen LogP contribution in [0, 0.1) is 0 Å². The van der Waals surface area contributed by atoms with Crippen molar-refractivity contribution in [2.75, 3.05) is 4.90 Å². The van der Waals surface area contributed by atoms with E-state index in [4.69, 9.17) is 4.42 Å². The van der Waals surface area contributed by atoms with E-state index in [2.05, 4.69) is 195 Å². The first-order chi connectivity index (χ1) is 25.0. The molecule has 0 N–H and O–H groups in total. The number of nitrogens with zero attached hydrogens (tertiary/aromatic N) is 1. The van der Waals surface area contributed by atoms with E-state index in [0.717, 1.165) is 44.4 Å². The Morgan fingerprint density at radius 1 is 0.392 bits per heavy atom. The van der Waals surface area contributed by atoms with Crippen molar-refractivity contribution < 1.29 is 4.42 Å². The SMILES string of the molecule is CC1(C)c2ccccc2-c2ccc(N(c3ccccc3)c3ccc(-c4cc5c6cc(-c7ccccc7)ccc6oc5c5ccccc45)cc3)cc21. The Hall–Kier alpha value is -6.38. The maximum Gasteiger partial charge on any atom is 0.143 e. The van der Waals surface area contributed by atoms with Crippen LogP contribution in [0.5, 0.6) is 0 Å². The summed E-state index contributed by atoms with van der Waals surface area (Å²) in [6.07, 6.45) is 0. The summed E-state index contributed by atoms with van der Waals surface area (Å²) in [5.74, 6) is 0. The van der Waals surface area contributed by atoms with E-state index < -0.39 is 0 Å².